The Labute approximate surface area is 189 Å². The number of nitrogens with zero attached hydrogens (tertiary/aromatic N) is 3. The Morgan fingerprint density at radius 2 is 1.91 bits per heavy atom. The highest BCUT2D eigenvalue weighted by molar-refractivity contribution is 5.86. The highest BCUT2D eigenvalue weighted by atomic mass is 19.1. The van der Waals surface area contributed by atoms with E-state index < -0.39 is 0 Å². The highest BCUT2D eigenvalue weighted by Gasteiger charge is 2.23. The molecule has 2 aliphatic heterocycles. The Balaban J connectivity index is 1.36. The molecule has 2 aliphatic rings. The molecule has 7 heteroatoms. The molecule has 6 nitrogen and oxygen atoms in total. The van der Waals surface area contributed by atoms with Crippen molar-refractivity contribution < 1.29 is 9.18 Å². The molecule has 3 heterocycles. The highest BCUT2D eigenvalue weighted by Crippen LogP contribution is 2.26. The molecule has 1 unspecified atom stereocenters. The minimum atomic E-state index is -0.198. The predicted octanol–water partition coefficient (Wildman–Crippen LogP) is 3.82. The molecule has 2 aromatic rings. The van der Waals surface area contributed by atoms with Crippen molar-refractivity contribution in [3.63, 3.8) is 0 Å². The molecule has 2 saturated heterocycles. The Kier molecular flexibility index (Phi) is 7.24. The fourth-order valence-electron chi connectivity index (χ4n) is 4.69. The maximum absolute atomic E-state index is 13.6. The van der Waals surface area contributed by atoms with Crippen molar-refractivity contribution in [2.24, 2.45) is 5.92 Å². The van der Waals surface area contributed by atoms with Gasteiger partial charge in [-0.2, -0.15) is 0 Å². The van der Waals surface area contributed by atoms with Gasteiger partial charge in [0.25, 0.3) is 0 Å². The zero-order valence-electron chi connectivity index (χ0n) is 18.5. The van der Waals surface area contributed by atoms with Gasteiger partial charge in [0.2, 0.25) is 5.91 Å². The lowest BCUT2D eigenvalue weighted by atomic mass is 9.97. The van der Waals surface area contributed by atoms with Gasteiger partial charge in [0.1, 0.15) is 11.6 Å². The van der Waals surface area contributed by atoms with Crippen LogP contribution in [0.1, 0.15) is 25.7 Å². The average Bonchev–Trinajstić information content (AvgIpc) is 2.83. The van der Waals surface area contributed by atoms with E-state index in [1.165, 1.54) is 12.1 Å². The quantitative estimate of drug-likeness (QED) is 0.645. The second kappa shape index (κ2) is 10.5. The van der Waals surface area contributed by atoms with Crippen LogP contribution in [0.3, 0.4) is 0 Å². The second-order valence-electron chi connectivity index (χ2n) is 8.71. The predicted molar refractivity (Wildman–Crippen MR) is 128 cm³/mol. The molecule has 1 aromatic heterocycles. The Morgan fingerprint density at radius 1 is 1.12 bits per heavy atom. The lowest BCUT2D eigenvalue weighted by Gasteiger charge is -2.36. The molecule has 4 rings (SSSR count). The van der Waals surface area contributed by atoms with E-state index in [4.69, 9.17) is 0 Å². The Morgan fingerprint density at radius 3 is 2.72 bits per heavy atom. The fourth-order valence-corrected chi connectivity index (χ4v) is 4.69. The number of amides is 1. The van der Waals surface area contributed by atoms with Crippen molar-refractivity contribution in [3.05, 3.63) is 61.1 Å². The third kappa shape index (κ3) is 5.78. The Bertz CT molecular complexity index is 936. The number of carbonyl (C=O) groups excluding carboxylic acids is 1. The van der Waals surface area contributed by atoms with Gasteiger partial charge in [-0.05, 0) is 61.9 Å². The van der Waals surface area contributed by atoms with Crippen LogP contribution < -0.4 is 20.4 Å². The maximum atomic E-state index is 13.6. The molecule has 1 aromatic carbocycles. The molecular weight excluding hydrogens is 405 g/mol. The molecule has 2 N–H and O–H groups in total. The zero-order chi connectivity index (χ0) is 22.3. The number of benzene rings is 1. The number of pyridine rings is 1. The van der Waals surface area contributed by atoms with Crippen LogP contribution >= 0.6 is 0 Å². The van der Waals surface area contributed by atoms with Crippen molar-refractivity contribution in [1.82, 2.24) is 10.3 Å². The van der Waals surface area contributed by atoms with Gasteiger partial charge in [-0.15, -0.1) is 0 Å². The number of rotatable bonds is 7. The first-order chi connectivity index (χ1) is 15.6. The number of halogens is 1. The van der Waals surface area contributed by atoms with Crippen LogP contribution in [0.4, 0.5) is 21.6 Å². The third-order valence-corrected chi connectivity index (χ3v) is 6.32. The maximum Gasteiger partial charge on any atom is 0.243 e. The summed E-state index contributed by atoms with van der Waals surface area (Å²) in [5, 5.41) is 6.52. The van der Waals surface area contributed by atoms with E-state index in [9.17, 15) is 9.18 Å². The summed E-state index contributed by atoms with van der Waals surface area (Å²) in [6, 6.07) is 11.2. The molecule has 1 amide bonds. The van der Waals surface area contributed by atoms with E-state index in [1.807, 2.05) is 12.3 Å². The third-order valence-electron chi connectivity index (χ3n) is 6.32. The number of hydrogen-bond donors (Lipinski definition) is 2. The van der Waals surface area contributed by atoms with Gasteiger partial charge in [0.15, 0.2) is 0 Å². The van der Waals surface area contributed by atoms with Crippen molar-refractivity contribution in [1.29, 1.82) is 0 Å². The first-order valence-corrected chi connectivity index (χ1v) is 11.5. The summed E-state index contributed by atoms with van der Waals surface area (Å²) >= 11 is 0. The van der Waals surface area contributed by atoms with Crippen LogP contribution in [0, 0.1) is 11.7 Å². The number of carbonyl (C=O) groups is 1. The van der Waals surface area contributed by atoms with Crippen LogP contribution in [0.2, 0.25) is 0 Å². The molecular formula is C25H32FN5O. The fraction of sp³-hybridized carbons (Fsp3) is 0.440. The summed E-state index contributed by atoms with van der Waals surface area (Å²) in [5.41, 5.74) is 2.08. The van der Waals surface area contributed by atoms with Gasteiger partial charge in [0, 0.05) is 62.4 Å². The topological polar surface area (TPSA) is 60.5 Å². The van der Waals surface area contributed by atoms with Crippen LogP contribution in [-0.4, -0.2) is 49.7 Å². The number of nitrogens with one attached hydrogen (secondary N) is 2. The first kappa shape index (κ1) is 22.1. The van der Waals surface area contributed by atoms with Gasteiger partial charge < -0.3 is 20.4 Å². The number of anilines is 3. The number of aromatic nitrogens is 1. The first-order valence-electron chi connectivity index (χ1n) is 11.5. The van der Waals surface area contributed by atoms with E-state index in [-0.39, 0.29) is 17.8 Å². The van der Waals surface area contributed by atoms with Gasteiger partial charge >= 0.3 is 0 Å². The largest absolute Gasteiger partial charge is 0.371 e. The molecule has 0 bridgehead atoms. The summed E-state index contributed by atoms with van der Waals surface area (Å²) in [6.45, 7) is 7.87. The van der Waals surface area contributed by atoms with Crippen molar-refractivity contribution in [2.45, 2.75) is 31.7 Å². The molecule has 0 radical (unpaired) electrons. The molecule has 0 spiro atoms. The van der Waals surface area contributed by atoms with Crippen molar-refractivity contribution in [3.8, 4) is 0 Å². The van der Waals surface area contributed by atoms with Gasteiger partial charge in [-0.1, -0.05) is 12.6 Å². The minimum Gasteiger partial charge on any atom is -0.371 e. The smallest absolute Gasteiger partial charge is 0.243 e. The van der Waals surface area contributed by atoms with Gasteiger partial charge in [0.05, 0.1) is 0 Å². The standard InChI is InChI=1S/C25H32FN5O/c1-2-25(32)28-16-19-6-4-12-30(17-19)23-10-11-27-24(15-23)29-21-8-5-13-31(18-21)22-9-3-7-20(26)14-22/h2-3,7,9-11,14-15,19,21H,1,4-6,8,12-13,16-18H2,(H,27,29)(H,28,32)/t19?,21-/m1/s1. The van der Waals surface area contributed by atoms with Gasteiger partial charge in [-0.25, -0.2) is 9.37 Å². The second-order valence-corrected chi connectivity index (χ2v) is 8.71. The van der Waals surface area contributed by atoms with Crippen molar-refractivity contribution >= 4 is 23.1 Å². The lowest BCUT2D eigenvalue weighted by molar-refractivity contribution is -0.116. The van der Waals surface area contributed by atoms with Crippen LogP contribution in [0.25, 0.3) is 0 Å². The zero-order valence-corrected chi connectivity index (χ0v) is 18.5. The van der Waals surface area contributed by atoms with Crippen LogP contribution in [0.15, 0.2) is 55.3 Å². The lowest BCUT2D eigenvalue weighted by Crippen LogP contribution is -2.42. The van der Waals surface area contributed by atoms with Crippen LogP contribution in [0.5, 0.6) is 0 Å². The number of piperidine rings is 2. The molecule has 0 aliphatic carbocycles. The molecule has 170 valence electrons. The average molecular weight is 438 g/mol. The molecule has 2 fully saturated rings. The van der Waals surface area contributed by atoms with E-state index in [0.717, 1.165) is 69.1 Å². The van der Waals surface area contributed by atoms with E-state index in [1.54, 1.807) is 12.1 Å². The van der Waals surface area contributed by atoms with Crippen LogP contribution in [-0.2, 0) is 4.79 Å². The summed E-state index contributed by atoms with van der Waals surface area (Å²) in [4.78, 5) is 20.6. The SMILES string of the molecule is C=CC(=O)NCC1CCCN(c2ccnc(N[C@@H]3CCCN(c4cccc(F)c4)C3)c2)C1. The molecule has 0 saturated carbocycles. The summed E-state index contributed by atoms with van der Waals surface area (Å²) in [6.07, 6.45) is 7.51. The van der Waals surface area contributed by atoms with E-state index >= 15 is 0 Å². The summed E-state index contributed by atoms with van der Waals surface area (Å²) in [7, 11) is 0. The normalized spacial score (nSPS) is 21.2. The molecule has 32 heavy (non-hydrogen) atoms. The van der Waals surface area contributed by atoms with E-state index in [2.05, 4.69) is 44.1 Å². The Hall–Kier alpha value is -3.09. The summed E-state index contributed by atoms with van der Waals surface area (Å²) < 4.78 is 13.6. The summed E-state index contributed by atoms with van der Waals surface area (Å²) in [5.74, 6) is 0.985. The minimum absolute atomic E-state index is 0.114. The van der Waals surface area contributed by atoms with E-state index in [0.29, 0.717) is 12.5 Å². The number of hydrogen-bond acceptors (Lipinski definition) is 5. The molecule has 2 atom stereocenters. The monoisotopic (exact) mass is 437 g/mol. The van der Waals surface area contributed by atoms with Gasteiger partial charge in [-0.3, -0.25) is 4.79 Å². The van der Waals surface area contributed by atoms with Crippen molar-refractivity contribution in [2.75, 3.05) is 47.8 Å².